The minimum atomic E-state index is -0.711. The highest BCUT2D eigenvalue weighted by Crippen LogP contribution is 2.50. The number of carboxylic acid groups (broad SMARTS) is 1. The summed E-state index contributed by atoms with van der Waals surface area (Å²) < 4.78 is 14.6. The summed E-state index contributed by atoms with van der Waals surface area (Å²) in [6.45, 7) is 3.39. The molecule has 0 bridgehead atoms. The van der Waals surface area contributed by atoms with Crippen LogP contribution in [0.25, 0.3) is 21.8 Å². The average molecular weight is 635 g/mol. The molecule has 4 aromatic rings. The number of carbonyl (C=O) groups excluding carboxylic acids is 1. The molecule has 0 unspecified atom stereocenters. The Labute approximate surface area is 266 Å². The fourth-order valence-electron chi connectivity index (χ4n) is 5.41. The number of carboxylic acids is 1. The van der Waals surface area contributed by atoms with E-state index in [9.17, 15) is 14.7 Å². The fraction of sp³-hybridized carbons (Fsp3) is 0.412. The summed E-state index contributed by atoms with van der Waals surface area (Å²) >= 11 is 3.09. The number of rotatable bonds is 11. The first-order chi connectivity index (χ1) is 21.3. The molecule has 0 radical (unpaired) electrons. The predicted molar refractivity (Wildman–Crippen MR) is 174 cm³/mol. The average Bonchev–Trinajstić information content (AvgIpc) is 2.97. The van der Waals surface area contributed by atoms with Crippen LogP contribution in [-0.2, 0) is 37.0 Å². The van der Waals surface area contributed by atoms with Crippen LogP contribution >= 0.6 is 23.5 Å². The molecule has 0 saturated heterocycles. The first-order valence-corrected chi connectivity index (χ1v) is 16.5. The Morgan fingerprint density at radius 3 is 1.64 bits per heavy atom. The lowest BCUT2D eigenvalue weighted by molar-refractivity contribution is -0.148. The molecule has 6 rings (SSSR count). The number of ether oxygens (including phenoxy) is 3. The number of pyridine rings is 2. The summed E-state index contributed by atoms with van der Waals surface area (Å²) in [5.74, 6) is -0.800. The molecule has 0 spiro atoms. The largest absolute Gasteiger partial charge is 0.480 e. The molecule has 0 atom stereocenters. The lowest BCUT2D eigenvalue weighted by Crippen LogP contribution is -2.43. The van der Waals surface area contributed by atoms with Crippen LogP contribution in [0.2, 0.25) is 0 Å². The number of benzene rings is 2. The number of thioether (sulfide) groups is 2. The minimum Gasteiger partial charge on any atom is -0.480 e. The molecule has 2 heterocycles. The van der Waals surface area contributed by atoms with Crippen molar-refractivity contribution in [3.05, 3.63) is 72.1 Å². The first-order valence-electron chi connectivity index (χ1n) is 14.8. The number of fused-ring (bicyclic) bond motifs is 2. The van der Waals surface area contributed by atoms with Crippen molar-refractivity contribution in [2.75, 3.05) is 20.8 Å². The van der Waals surface area contributed by atoms with Crippen molar-refractivity contribution in [3.63, 3.8) is 0 Å². The molecule has 2 saturated carbocycles. The van der Waals surface area contributed by atoms with Crippen molar-refractivity contribution in [3.8, 4) is 0 Å². The van der Waals surface area contributed by atoms with Gasteiger partial charge in [0.25, 0.3) is 0 Å². The van der Waals surface area contributed by atoms with Crippen molar-refractivity contribution >= 4 is 57.3 Å². The maximum absolute atomic E-state index is 12.4. The Bertz CT molecular complexity index is 1640. The van der Waals surface area contributed by atoms with Gasteiger partial charge in [0, 0.05) is 47.2 Å². The SMILES string of the molecule is CCOC(=O)C1(Sc2ccnc3ccc(COC)cc23)CCC1.COCc1ccc2nccc(SC3(C(=O)O)CCC3)c2c1. The molecule has 1 N–H and O–H groups in total. The van der Waals surface area contributed by atoms with E-state index in [2.05, 4.69) is 16.0 Å². The van der Waals surface area contributed by atoms with Gasteiger partial charge in [-0.1, -0.05) is 12.1 Å². The van der Waals surface area contributed by atoms with Gasteiger partial charge in [0.05, 0.1) is 30.9 Å². The van der Waals surface area contributed by atoms with Crippen molar-refractivity contribution < 1.29 is 28.9 Å². The van der Waals surface area contributed by atoms with E-state index in [-0.39, 0.29) is 5.97 Å². The summed E-state index contributed by atoms with van der Waals surface area (Å²) in [6, 6.07) is 16.0. The van der Waals surface area contributed by atoms with E-state index in [0.29, 0.717) is 19.8 Å². The molecule has 2 aliphatic rings. The number of aliphatic carboxylic acids is 1. The summed E-state index contributed by atoms with van der Waals surface area (Å²) in [7, 11) is 3.35. The number of esters is 1. The molecule has 232 valence electrons. The molecule has 0 aliphatic heterocycles. The monoisotopic (exact) mass is 634 g/mol. The molecule has 2 aliphatic carbocycles. The highest BCUT2D eigenvalue weighted by Gasteiger charge is 2.47. The van der Waals surface area contributed by atoms with Crippen LogP contribution in [0.15, 0.2) is 70.7 Å². The van der Waals surface area contributed by atoms with E-state index in [1.807, 2.05) is 49.4 Å². The van der Waals surface area contributed by atoms with Crippen LogP contribution < -0.4 is 0 Å². The van der Waals surface area contributed by atoms with Gasteiger partial charge in [0.1, 0.15) is 9.49 Å². The smallest absolute Gasteiger partial charge is 0.322 e. The van der Waals surface area contributed by atoms with Gasteiger partial charge in [0.2, 0.25) is 0 Å². The molecule has 0 amide bonds. The normalized spacial score (nSPS) is 16.3. The Morgan fingerprint density at radius 2 is 1.25 bits per heavy atom. The number of nitrogens with zero attached hydrogens (tertiary/aromatic N) is 2. The van der Waals surface area contributed by atoms with E-state index in [1.165, 1.54) is 11.8 Å². The van der Waals surface area contributed by atoms with Gasteiger partial charge >= 0.3 is 11.9 Å². The highest BCUT2D eigenvalue weighted by atomic mass is 32.2. The van der Waals surface area contributed by atoms with E-state index >= 15 is 0 Å². The number of hydrogen-bond donors (Lipinski definition) is 1. The number of carbonyl (C=O) groups is 2. The Morgan fingerprint density at radius 1 is 0.773 bits per heavy atom. The van der Waals surface area contributed by atoms with Gasteiger partial charge in [-0.05, 0) is 93.0 Å². The third-order valence-electron chi connectivity index (χ3n) is 8.12. The minimum absolute atomic E-state index is 0.0886. The number of hydrogen-bond acceptors (Lipinski definition) is 9. The molecule has 8 nitrogen and oxygen atoms in total. The summed E-state index contributed by atoms with van der Waals surface area (Å²) in [6.07, 6.45) is 8.81. The molecular weight excluding hydrogens is 597 g/mol. The molecule has 2 aromatic carbocycles. The van der Waals surface area contributed by atoms with E-state index in [0.717, 1.165) is 81.2 Å². The maximum atomic E-state index is 12.4. The third kappa shape index (κ3) is 6.88. The number of aromatic nitrogens is 2. The number of methoxy groups -OCH3 is 2. The second-order valence-corrected chi connectivity index (χ2v) is 14.0. The van der Waals surface area contributed by atoms with Gasteiger partial charge in [-0.25, -0.2) is 0 Å². The van der Waals surface area contributed by atoms with Crippen LogP contribution in [0.4, 0.5) is 0 Å². The highest BCUT2D eigenvalue weighted by molar-refractivity contribution is 8.02. The van der Waals surface area contributed by atoms with Crippen LogP contribution in [0.5, 0.6) is 0 Å². The second kappa shape index (κ2) is 14.3. The van der Waals surface area contributed by atoms with Crippen LogP contribution in [0.1, 0.15) is 56.6 Å². The van der Waals surface area contributed by atoms with Gasteiger partial charge in [-0.15, -0.1) is 23.5 Å². The first kappa shape index (κ1) is 32.2. The van der Waals surface area contributed by atoms with Crippen molar-refractivity contribution in [1.82, 2.24) is 9.97 Å². The maximum Gasteiger partial charge on any atom is 0.322 e. The van der Waals surface area contributed by atoms with E-state index < -0.39 is 15.5 Å². The predicted octanol–water partition coefficient (Wildman–Crippen LogP) is 7.44. The Hall–Kier alpha value is -3.18. The van der Waals surface area contributed by atoms with Crippen LogP contribution in [-0.4, -0.2) is 57.3 Å². The van der Waals surface area contributed by atoms with Crippen LogP contribution in [0.3, 0.4) is 0 Å². The van der Waals surface area contributed by atoms with Gasteiger partial charge in [0.15, 0.2) is 0 Å². The molecule has 2 aromatic heterocycles. The molecule has 2 fully saturated rings. The second-order valence-electron chi connectivity index (χ2n) is 11.1. The molecule has 44 heavy (non-hydrogen) atoms. The zero-order valence-electron chi connectivity index (χ0n) is 25.3. The fourth-order valence-corrected chi connectivity index (χ4v) is 8.28. The zero-order valence-corrected chi connectivity index (χ0v) is 27.0. The quantitative estimate of drug-likeness (QED) is 0.167. The van der Waals surface area contributed by atoms with Crippen molar-refractivity contribution in [2.24, 2.45) is 0 Å². The van der Waals surface area contributed by atoms with Crippen molar-refractivity contribution in [2.45, 2.75) is 77.9 Å². The lowest BCUT2D eigenvalue weighted by Gasteiger charge is -2.38. The lowest BCUT2D eigenvalue weighted by atomic mass is 9.84. The van der Waals surface area contributed by atoms with Gasteiger partial charge in [-0.2, -0.15) is 0 Å². The molecular formula is C34H38N2O6S2. The third-order valence-corrected chi connectivity index (χ3v) is 11.2. The van der Waals surface area contributed by atoms with E-state index in [4.69, 9.17) is 14.2 Å². The van der Waals surface area contributed by atoms with Crippen molar-refractivity contribution in [1.29, 1.82) is 0 Å². The summed E-state index contributed by atoms with van der Waals surface area (Å²) in [5, 5.41) is 11.6. The zero-order chi connectivity index (χ0) is 31.2. The standard InChI is InChI=1S/C18H21NO3S.C16H17NO3S/c1-3-22-17(20)18(8-4-9-18)23-16-7-10-19-15-6-5-13(12-21-2)11-14(15)16;1-20-10-11-3-4-13-12(9-11)14(5-8-17-13)21-16(15(18)19)6-2-7-16/h5-7,10-11H,3-4,8-9,12H2,1-2H3;3-5,8-9H,2,6-7,10H2,1H3,(H,18,19). The Balaban J connectivity index is 0.000000175. The topological polar surface area (TPSA) is 108 Å². The van der Waals surface area contributed by atoms with Gasteiger partial charge < -0.3 is 19.3 Å². The molecule has 10 heteroatoms. The summed E-state index contributed by atoms with van der Waals surface area (Å²) in [5.41, 5.74) is 4.00. The summed E-state index contributed by atoms with van der Waals surface area (Å²) in [4.78, 5) is 34.8. The van der Waals surface area contributed by atoms with E-state index in [1.54, 1.807) is 38.4 Å². The van der Waals surface area contributed by atoms with Crippen LogP contribution in [0, 0.1) is 0 Å². The van der Waals surface area contributed by atoms with Gasteiger partial charge in [-0.3, -0.25) is 19.6 Å². The Kier molecular flexibility index (Phi) is 10.5.